The average molecular weight is 346 g/mol. The zero-order chi connectivity index (χ0) is 17.1. The second-order valence-corrected chi connectivity index (χ2v) is 8.17. The van der Waals surface area contributed by atoms with Crippen LogP contribution in [0.25, 0.3) is 11.0 Å². The third-order valence-corrected chi connectivity index (χ3v) is 5.79. The van der Waals surface area contributed by atoms with Crippen molar-refractivity contribution in [1.29, 1.82) is 0 Å². The molecule has 130 valence electrons. The van der Waals surface area contributed by atoms with Crippen LogP contribution < -0.4 is 0 Å². The number of hydrogen-bond acceptors (Lipinski definition) is 4. The Bertz CT molecular complexity index is 664. The number of ether oxygens (including phenoxy) is 1. The van der Waals surface area contributed by atoms with E-state index in [2.05, 4.69) is 30.7 Å². The number of benzene rings is 1. The number of rotatable bonds is 5. The first-order valence-corrected chi connectivity index (χ1v) is 9.78. The fraction of sp³-hybridized carbons (Fsp3) is 0.579. The Labute approximate surface area is 147 Å². The van der Waals surface area contributed by atoms with Crippen LogP contribution in [0.5, 0.6) is 0 Å². The second kappa shape index (κ2) is 7.60. The smallest absolute Gasteiger partial charge is 0.316 e. The van der Waals surface area contributed by atoms with Gasteiger partial charge in [0, 0.05) is 0 Å². The van der Waals surface area contributed by atoms with Crippen molar-refractivity contribution >= 4 is 28.8 Å². The minimum atomic E-state index is -0.134. The van der Waals surface area contributed by atoms with Crippen LogP contribution in [-0.4, -0.2) is 27.8 Å². The molecule has 0 spiro atoms. The monoisotopic (exact) mass is 346 g/mol. The average Bonchev–Trinajstić information content (AvgIpc) is 2.95. The number of nitrogens with zero attached hydrogens (tertiary/aromatic N) is 1. The lowest BCUT2D eigenvalue weighted by Crippen LogP contribution is -2.36. The number of carbonyl (C=O) groups is 1. The summed E-state index contributed by atoms with van der Waals surface area (Å²) in [4.78, 5) is 20.0. The van der Waals surface area contributed by atoms with Crippen molar-refractivity contribution in [2.75, 3.05) is 5.75 Å². The van der Waals surface area contributed by atoms with Crippen LogP contribution in [0.2, 0.25) is 0 Å². The van der Waals surface area contributed by atoms with Gasteiger partial charge in [-0.2, -0.15) is 0 Å². The van der Waals surface area contributed by atoms with Crippen LogP contribution >= 0.6 is 11.8 Å². The van der Waals surface area contributed by atoms with E-state index in [-0.39, 0.29) is 12.1 Å². The molecule has 1 heterocycles. The predicted octanol–water partition coefficient (Wildman–Crippen LogP) is 4.66. The molecule has 3 atom stereocenters. The van der Waals surface area contributed by atoms with Gasteiger partial charge in [-0.1, -0.05) is 51.1 Å². The Morgan fingerprint density at radius 1 is 1.38 bits per heavy atom. The van der Waals surface area contributed by atoms with Crippen LogP contribution in [0.1, 0.15) is 40.0 Å². The number of H-pyrrole nitrogens is 1. The predicted molar refractivity (Wildman–Crippen MR) is 98.0 cm³/mol. The third-order valence-electron chi connectivity index (χ3n) is 4.94. The Morgan fingerprint density at radius 3 is 2.92 bits per heavy atom. The first-order chi connectivity index (χ1) is 11.5. The molecule has 0 saturated heterocycles. The van der Waals surface area contributed by atoms with Gasteiger partial charge in [-0.15, -0.1) is 0 Å². The topological polar surface area (TPSA) is 55.0 Å². The van der Waals surface area contributed by atoms with Crippen molar-refractivity contribution in [2.24, 2.45) is 17.8 Å². The van der Waals surface area contributed by atoms with E-state index in [4.69, 9.17) is 4.74 Å². The summed E-state index contributed by atoms with van der Waals surface area (Å²) in [7, 11) is 0. The van der Waals surface area contributed by atoms with E-state index in [9.17, 15) is 4.79 Å². The molecular weight excluding hydrogens is 320 g/mol. The molecule has 0 amide bonds. The Hall–Kier alpha value is -1.49. The number of esters is 1. The van der Waals surface area contributed by atoms with E-state index in [0.717, 1.165) is 29.0 Å². The summed E-state index contributed by atoms with van der Waals surface area (Å²) in [6.45, 7) is 6.70. The molecule has 1 aromatic carbocycles. The highest BCUT2D eigenvalue weighted by atomic mass is 32.2. The number of carbonyl (C=O) groups excluding carboxylic acids is 1. The highest BCUT2D eigenvalue weighted by Crippen LogP contribution is 2.35. The molecule has 0 unspecified atom stereocenters. The number of para-hydroxylation sites is 2. The number of hydrogen-bond donors (Lipinski definition) is 1. The fourth-order valence-corrected chi connectivity index (χ4v) is 4.25. The van der Waals surface area contributed by atoms with Crippen molar-refractivity contribution in [3.63, 3.8) is 0 Å². The summed E-state index contributed by atoms with van der Waals surface area (Å²) < 4.78 is 5.83. The maximum absolute atomic E-state index is 12.3. The first-order valence-electron chi connectivity index (χ1n) is 8.80. The number of fused-ring (bicyclic) bond motifs is 1. The second-order valence-electron chi connectivity index (χ2n) is 7.20. The number of aromatic nitrogens is 2. The Balaban J connectivity index is 1.56. The maximum atomic E-state index is 12.3. The molecule has 24 heavy (non-hydrogen) atoms. The van der Waals surface area contributed by atoms with Gasteiger partial charge in [0.1, 0.15) is 6.10 Å². The normalized spacial score (nSPS) is 24.4. The maximum Gasteiger partial charge on any atom is 0.316 e. The third kappa shape index (κ3) is 4.12. The van der Waals surface area contributed by atoms with Gasteiger partial charge in [0.2, 0.25) is 0 Å². The van der Waals surface area contributed by atoms with E-state index >= 15 is 0 Å². The number of nitrogens with one attached hydrogen (secondary N) is 1. The largest absolute Gasteiger partial charge is 0.461 e. The van der Waals surface area contributed by atoms with Crippen LogP contribution in [-0.2, 0) is 9.53 Å². The van der Waals surface area contributed by atoms with E-state index in [1.165, 1.54) is 18.2 Å². The van der Waals surface area contributed by atoms with Crippen LogP contribution in [0.15, 0.2) is 29.4 Å². The quantitative estimate of drug-likeness (QED) is 0.632. The molecule has 1 aromatic heterocycles. The van der Waals surface area contributed by atoms with Gasteiger partial charge >= 0.3 is 5.97 Å². The van der Waals surface area contributed by atoms with Gasteiger partial charge in [0.15, 0.2) is 5.16 Å². The molecule has 0 aliphatic heterocycles. The molecule has 2 aromatic rings. The Morgan fingerprint density at radius 2 is 2.17 bits per heavy atom. The van der Waals surface area contributed by atoms with Crippen molar-refractivity contribution < 1.29 is 9.53 Å². The van der Waals surface area contributed by atoms with Crippen molar-refractivity contribution in [1.82, 2.24) is 9.97 Å². The molecule has 1 N–H and O–H groups in total. The fourth-order valence-electron chi connectivity index (χ4n) is 3.58. The standard InChI is InChI=1S/C19H26N2O2S/c1-12(2)14-9-8-13(3)10-17(14)23-18(22)11-24-19-20-15-6-4-5-7-16(15)21-19/h4-7,12-14,17H,8-11H2,1-3H3,(H,20,21)/t13-,14+,17-/m1/s1. The van der Waals surface area contributed by atoms with Gasteiger partial charge < -0.3 is 9.72 Å². The zero-order valence-electron chi connectivity index (χ0n) is 14.6. The van der Waals surface area contributed by atoms with Crippen molar-refractivity contribution in [3.8, 4) is 0 Å². The van der Waals surface area contributed by atoms with Crippen LogP contribution in [0, 0.1) is 17.8 Å². The SMILES string of the molecule is CC(C)[C@@H]1CC[C@@H](C)C[C@H]1OC(=O)CSc1nc2ccccc2[nH]1. The highest BCUT2D eigenvalue weighted by Gasteiger charge is 2.33. The van der Waals surface area contributed by atoms with Crippen LogP contribution in [0.3, 0.4) is 0 Å². The summed E-state index contributed by atoms with van der Waals surface area (Å²) >= 11 is 1.41. The lowest BCUT2D eigenvalue weighted by Gasteiger charge is -2.36. The summed E-state index contributed by atoms with van der Waals surface area (Å²) in [6.07, 6.45) is 3.46. The summed E-state index contributed by atoms with van der Waals surface area (Å²) in [5.74, 6) is 1.85. The lowest BCUT2D eigenvalue weighted by molar-refractivity contribution is -0.152. The van der Waals surface area contributed by atoms with Crippen molar-refractivity contribution in [3.05, 3.63) is 24.3 Å². The molecule has 0 radical (unpaired) electrons. The highest BCUT2D eigenvalue weighted by molar-refractivity contribution is 7.99. The van der Waals surface area contributed by atoms with Crippen molar-refractivity contribution in [2.45, 2.75) is 51.3 Å². The number of thioether (sulfide) groups is 1. The molecule has 1 fully saturated rings. The molecule has 3 rings (SSSR count). The molecule has 1 saturated carbocycles. The molecule has 0 bridgehead atoms. The minimum Gasteiger partial charge on any atom is -0.461 e. The number of imidazole rings is 1. The minimum absolute atomic E-state index is 0.0672. The molecule has 1 aliphatic carbocycles. The van der Waals surface area contributed by atoms with Gasteiger partial charge in [-0.3, -0.25) is 4.79 Å². The van der Waals surface area contributed by atoms with Gasteiger partial charge in [0.05, 0.1) is 16.8 Å². The molecule has 1 aliphatic rings. The molecule has 5 heteroatoms. The summed E-state index contributed by atoms with van der Waals surface area (Å²) in [5, 5.41) is 0.769. The lowest BCUT2D eigenvalue weighted by atomic mass is 9.75. The van der Waals surface area contributed by atoms with E-state index in [0.29, 0.717) is 23.5 Å². The Kier molecular flexibility index (Phi) is 5.49. The number of aromatic amines is 1. The summed E-state index contributed by atoms with van der Waals surface area (Å²) in [6, 6.07) is 7.88. The van der Waals surface area contributed by atoms with E-state index in [1.807, 2.05) is 24.3 Å². The molecular formula is C19H26N2O2S. The summed E-state index contributed by atoms with van der Waals surface area (Å²) in [5.41, 5.74) is 1.92. The molecule has 4 nitrogen and oxygen atoms in total. The van der Waals surface area contributed by atoms with Gasteiger partial charge in [0.25, 0.3) is 0 Å². The first kappa shape index (κ1) is 17.3. The van der Waals surface area contributed by atoms with Gasteiger partial charge in [-0.25, -0.2) is 4.98 Å². The van der Waals surface area contributed by atoms with E-state index in [1.54, 1.807) is 0 Å². The van der Waals surface area contributed by atoms with Gasteiger partial charge in [-0.05, 0) is 42.7 Å². The van der Waals surface area contributed by atoms with E-state index < -0.39 is 0 Å². The van der Waals surface area contributed by atoms with Crippen LogP contribution in [0.4, 0.5) is 0 Å². The zero-order valence-corrected chi connectivity index (χ0v) is 15.4.